The van der Waals surface area contributed by atoms with Gasteiger partial charge in [0.25, 0.3) is 0 Å². The van der Waals surface area contributed by atoms with Crippen molar-refractivity contribution in [2.45, 2.75) is 38.6 Å². The molecule has 0 bridgehead atoms. The molecule has 2 saturated heterocycles. The fourth-order valence-electron chi connectivity index (χ4n) is 4.01. The zero-order valence-corrected chi connectivity index (χ0v) is 11.2. The molecule has 1 N–H and O–H groups in total. The normalized spacial score (nSPS) is 31.6. The highest BCUT2D eigenvalue weighted by molar-refractivity contribution is 5.01. The van der Waals surface area contributed by atoms with Crippen LogP contribution in [0.3, 0.4) is 0 Å². The summed E-state index contributed by atoms with van der Waals surface area (Å²) < 4.78 is 0. The number of nitrogens with one attached hydrogen (secondary N) is 1. The quantitative estimate of drug-likeness (QED) is 0.777. The minimum absolute atomic E-state index is 0.748. The van der Waals surface area contributed by atoms with Crippen molar-refractivity contribution >= 4 is 0 Å². The van der Waals surface area contributed by atoms with E-state index in [2.05, 4.69) is 22.0 Å². The van der Waals surface area contributed by atoms with Crippen LogP contribution in [-0.2, 0) is 0 Å². The number of nitrogens with zero attached hydrogens (tertiary/aromatic N) is 2. The molecule has 0 aromatic heterocycles. The van der Waals surface area contributed by atoms with Gasteiger partial charge in [-0.05, 0) is 50.7 Å². The van der Waals surface area contributed by atoms with Crippen LogP contribution in [0.4, 0.5) is 0 Å². The van der Waals surface area contributed by atoms with E-state index in [4.69, 9.17) is 0 Å². The fourth-order valence-corrected chi connectivity index (χ4v) is 4.01. The molecule has 0 aromatic rings. The van der Waals surface area contributed by atoms with E-state index in [-0.39, 0.29) is 0 Å². The van der Waals surface area contributed by atoms with Crippen molar-refractivity contribution in [3.05, 3.63) is 0 Å². The Morgan fingerprint density at radius 2 is 1.71 bits per heavy atom. The van der Waals surface area contributed by atoms with Crippen molar-refractivity contribution in [3.8, 4) is 0 Å². The summed E-state index contributed by atoms with van der Waals surface area (Å²) in [5.74, 6) is 0. The SMILES string of the molecule is CCN1CCN(C2CC3(CCNCC3)C2)CC1. The van der Waals surface area contributed by atoms with E-state index in [0.29, 0.717) is 0 Å². The fraction of sp³-hybridized carbons (Fsp3) is 1.00. The summed E-state index contributed by atoms with van der Waals surface area (Å²) in [5.41, 5.74) is 0.748. The second-order valence-electron chi connectivity index (χ2n) is 6.28. The first-order chi connectivity index (χ1) is 8.31. The van der Waals surface area contributed by atoms with Gasteiger partial charge in [-0.1, -0.05) is 6.92 Å². The maximum absolute atomic E-state index is 3.50. The van der Waals surface area contributed by atoms with Crippen molar-refractivity contribution < 1.29 is 0 Å². The maximum atomic E-state index is 3.50. The van der Waals surface area contributed by atoms with Crippen molar-refractivity contribution in [2.75, 3.05) is 45.8 Å². The van der Waals surface area contributed by atoms with Crippen LogP contribution in [0.2, 0.25) is 0 Å². The molecule has 1 spiro atoms. The Hall–Kier alpha value is -0.120. The van der Waals surface area contributed by atoms with Gasteiger partial charge in [0, 0.05) is 32.2 Å². The van der Waals surface area contributed by atoms with E-state index in [0.717, 1.165) is 11.5 Å². The number of rotatable bonds is 2. The lowest BCUT2D eigenvalue weighted by Gasteiger charge is -2.55. The van der Waals surface area contributed by atoms with E-state index in [9.17, 15) is 0 Å². The average Bonchev–Trinajstić information content (AvgIpc) is 2.37. The Kier molecular flexibility index (Phi) is 3.42. The molecule has 1 aliphatic carbocycles. The van der Waals surface area contributed by atoms with Crippen molar-refractivity contribution in [1.82, 2.24) is 15.1 Å². The average molecular weight is 237 g/mol. The molecular weight excluding hydrogens is 210 g/mol. The first-order valence-corrected chi connectivity index (χ1v) is 7.48. The predicted molar refractivity (Wildman–Crippen MR) is 71.2 cm³/mol. The highest BCUT2D eigenvalue weighted by atomic mass is 15.3. The summed E-state index contributed by atoms with van der Waals surface area (Å²) in [6.45, 7) is 11.2. The molecule has 3 fully saturated rings. The lowest BCUT2D eigenvalue weighted by molar-refractivity contribution is -0.0372. The Morgan fingerprint density at radius 3 is 2.29 bits per heavy atom. The van der Waals surface area contributed by atoms with Gasteiger partial charge in [-0.25, -0.2) is 0 Å². The molecule has 2 heterocycles. The van der Waals surface area contributed by atoms with Crippen LogP contribution in [0, 0.1) is 5.41 Å². The van der Waals surface area contributed by atoms with Gasteiger partial charge in [0.05, 0.1) is 0 Å². The molecule has 3 rings (SSSR count). The van der Waals surface area contributed by atoms with Crippen LogP contribution in [0.25, 0.3) is 0 Å². The highest BCUT2D eigenvalue weighted by Crippen LogP contribution is 2.49. The Bertz CT molecular complexity index is 244. The van der Waals surface area contributed by atoms with Gasteiger partial charge in [-0.3, -0.25) is 4.90 Å². The van der Waals surface area contributed by atoms with E-state index in [1.54, 1.807) is 0 Å². The molecule has 0 amide bonds. The minimum atomic E-state index is 0.748. The molecule has 3 nitrogen and oxygen atoms in total. The van der Waals surface area contributed by atoms with Gasteiger partial charge in [0.1, 0.15) is 0 Å². The minimum Gasteiger partial charge on any atom is -0.317 e. The van der Waals surface area contributed by atoms with Gasteiger partial charge in [-0.15, -0.1) is 0 Å². The van der Waals surface area contributed by atoms with Crippen LogP contribution in [0.5, 0.6) is 0 Å². The van der Waals surface area contributed by atoms with Crippen LogP contribution in [0.1, 0.15) is 32.6 Å². The maximum Gasteiger partial charge on any atom is 0.0113 e. The van der Waals surface area contributed by atoms with E-state index < -0.39 is 0 Å². The van der Waals surface area contributed by atoms with E-state index >= 15 is 0 Å². The van der Waals surface area contributed by atoms with Crippen LogP contribution in [-0.4, -0.2) is 61.7 Å². The van der Waals surface area contributed by atoms with Crippen molar-refractivity contribution in [1.29, 1.82) is 0 Å². The summed E-state index contributed by atoms with van der Waals surface area (Å²) in [4.78, 5) is 5.34. The first kappa shape index (κ1) is 11.9. The van der Waals surface area contributed by atoms with Gasteiger partial charge >= 0.3 is 0 Å². The number of piperidine rings is 1. The third kappa shape index (κ3) is 2.38. The summed E-state index contributed by atoms with van der Waals surface area (Å²) in [7, 11) is 0. The van der Waals surface area contributed by atoms with Crippen molar-refractivity contribution in [3.63, 3.8) is 0 Å². The largest absolute Gasteiger partial charge is 0.317 e. The standard InChI is InChI=1S/C14H27N3/c1-2-16-7-9-17(10-8-16)13-11-14(12-13)3-5-15-6-4-14/h13,15H,2-12H2,1H3. The molecular formula is C14H27N3. The van der Waals surface area contributed by atoms with Crippen LogP contribution < -0.4 is 5.32 Å². The molecule has 0 radical (unpaired) electrons. The molecule has 3 heteroatoms. The Balaban J connectivity index is 1.46. The van der Waals surface area contributed by atoms with Gasteiger partial charge in [0.2, 0.25) is 0 Å². The molecule has 0 aromatic carbocycles. The monoisotopic (exact) mass is 237 g/mol. The van der Waals surface area contributed by atoms with Crippen LogP contribution >= 0.6 is 0 Å². The zero-order valence-electron chi connectivity index (χ0n) is 11.2. The van der Waals surface area contributed by atoms with Gasteiger partial charge in [0.15, 0.2) is 0 Å². The van der Waals surface area contributed by atoms with E-state index in [1.165, 1.54) is 71.5 Å². The lowest BCUT2D eigenvalue weighted by Crippen LogP contribution is -2.58. The lowest BCUT2D eigenvalue weighted by atomic mass is 9.60. The Labute approximate surface area is 106 Å². The topological polar surface area (TPSA) is 18.5 Å². The predicted octanol–water partition coefficient (Wildman–Crippen LogP) is 1.16. The molecule has 0 unspecified atom stereocenters. The molecule has 3 aliphatic rings. The molecule has 1 saturated carbocycles. The molecule has 98 valence electrons. The number of piperazine rings is 1. The molecule has 0 atom stereocenters. The summed E-state index contributed by atoms with van der Waals surface area (Å²) >= 11 is 0. The first-order valence-electron chi connectivity index (χ1n) is 7.48. The Morgan fingerprint density at radius 1 is 1.06 bits per heavy atom. The number of hydrogen-bond acceptors (Lipinski definition) is 3. The van der Waals surface area contributed by atoms with Gasteiger partial charge in [-0.2, -0.15) is 0 Å². The summed E-state index contributed by atoms with van der Waals surface area (Å²) in [6, 6.07) is 0.923. The number of likely N-dealkylation sites (N-methyl/N-ethyl adjacent to an activating group) is 1. The summed E-state index contributed by atoms with van der Waals surface area (Å²) in [6.07, 6.45) is 5.83. The van der Waals surface area contributed by atoms with Crippen molar-refractivity contribution in [2.24, 2.45) is 5.41 Å². The third-order valence-corrected chi connectivity index (χ3v) is 5.37. The second kappa shape index (κ2) is 4.87. The summed E-state index contributed by atoms with van der Waals surface area (Å²) in [5, 5.41) is 3.50. The number of hydrogen-bond donors (Lipinski definition) is 1. The highest BCUT2D eigenvalue weighted by Gasteiger charge is 2.46. The molecule has 2 aliphatic heterocycles. The second-order valence-corrected chi connectivity index (χ2v) is 6.28. The smallest absolute Gasteiger partial charge is 0.0113 e. The van der Waals surface area contributed by atoms with Gasteiger partial charge < -0.3 is 10.2 Å². The van der Waals surface area contributed by atoms with Crippen LogP contribution in [0.15, 0.2) is 0 Å². The zero-order chi connectivity index (χ0) is 11.7. The third-order valence-electron chi connectivity index (χ3n) is 5.37. The molecule has 17 heavy (non-hydrogen) atoms. The van der Waals surface area contributed by atoms with E-state index in [1.807, 2.05) is 0 Å².